The van der Waals surface area contributed by atoms with Gasteiger partial charge in [-0.05, 0) is 61.5 Å². The molecule has 0 atom stereocenters. The van der Waals surface area contributed by atoms with Gasteiger partial charge in [-0.15, -0.1) is 0 Å². The van der Waals surface area contributed by atoms with Crippen LogP contribution in [-0.4, -0.2) is 33.7 Å². The average Bonchev–Trinajstić information content (AvgIpc) is 2.87. The first kappa shape index (κ1) is 24.2. The molecule has 2 heterocycles. The van der Waals surface area contributed by atoms with Crippen LogP contribution in [-0.2, 0) is 13.1 Å². The van der Waals surface area contributed by atoms with Crippen LogP contribution in [0.15, 0.2) is 65.7 Å². The fourth-order valence-electron chi connectivity index (χ4n) is 3.67. The minimum Gasteiger partial charge on any atom is -0.490 e. The van der Waals surface area contributed by atoms with Crippen LogP contribution in [0.5, 0.6) is 11.5 Å². The molecule has 2 aromatic heterocycles. The van der Waals surface area contributed by atoms with Crippen LogP contribution in [0.2, 0.25) is 0 Å². The summed E-state index contributed by atoms with van der Waals surface area (Å²) < 4.78 is 13.1. The van der Waals surface area contributed by atoms with E-state index in [2.05, 4.69) is 15.3 Å². The molecule has 0 saturated heterocycles. The number of rotatable bonds is 9. The van der Waals surface area contributed by atoms with Crippen molar-refractivity contribution in [3.8, 4) is 11.5 Å². The predicted molar refractivity (Wildman–Crippen MR) is 137 cm³/mol. The summed E-state index contributed by atoms with van der Waals surface area (Å²) in [4.78, 5) is 32.9. The van der Waals surface area contributed by atoms with Crippen LogP contribution in [0, 0.1) is 4.77 Å². The summed E-state index contributed by atoms with van der Waals surface area (Å²) in [6.45, 7) is 5.34. The zero-order valence-corrected chi connectivity index (χ0v) is 20.4. The number of aromatic amines is 1. The summed E-state index contributed by atoms with van der Waals surface area (Å²) >= 11 is 5.47. The molecule has 0 saturated carbocycles. The van der Waals surface area contributed by atoms with E-state index >= 15 is 0 Å². The van der Waals surface area contributed by atoms with Gasteiger partial charge >= 0.3 is 0 Å². The number of hydrogen-bond acceptors (Lipinski definition) is 6. The van der Waals surface area contributed by atoms with Crippen molar-refractivity contribution in [3.63, 3.8) is 0 Å². The number of nitrogens with one attached hydrogen (secondary N) is 2. The zero-order valence-electron chi connectivity index (χ0n) is 19.5. The Labute approximate surface area is 207 Å². The van der Waals surface area contributed by atoms with E-state index in [0.717, 1.165) is 11.1 Å². The number of carbonyl (C=O) groups is 1. The number of ether oxygens (including phenoxy) is 2. The largest absolute Gasteiger partial charge is 0.490 e. The molecule has 0 aliphatic heterocycles. The first-order chi connectivity index (χ1) is 17.0. The highest BCUT2D eigenvalue weighted by atomic mass is 32.1. The van der Waals surface area contributed by atoms with Crippen LogP contribution >= 0.6 is 12.2 Å². The van der Waals surface area contributed by atoms with E-state index in [1.54, 1.807) is 36.7 Å². The Morgan fingerprint density at radius 3 is 2.43 bits per heavy atom. The maximum absolute atomic E-state index is 13.3. The van der Waals surface area contributed by atoms with Gasteiger partial charge in [0.25, 0.3) is 11.5 Å². The van der Waals surface area contributed by atoms with E-state index < -0.39 is 0 Å². The Kier molecular flexibility index (Phi) is 7.57. The van der Waals surface area contributed by atoms with Gasteiger partial charge < -0.3 is 19.8 Å². The molecule has 4 rings (SSSR count). The standard InChI is InChI=1S/C26H26N4O4S/c1-3-33-22-12-20-21(13-23(22)34-4-2)29-26(35)30(25(20)32)16-17-7-9-19(10-8-17)24(31)28-15-18-6-5-11-27-14-18/h5-14H,3-4,15-16H2,1-2H3,(H,28,31)(H,29,35). The summed E-state index contributed by atoms with van der Waals surface area (Å²) in [5.74, 6) is 0.883. The van der Waals surface area contributed by atoms with Crippen molar-refractivity contribution in [2.75, 3.05) is 13.2 Å². The number of nitrogens with zero attached hydrogens (tertiary/aromatic N) is 2. The Morgan fingerprint density at radius 1 is 1.06 bits per heavy atom. The third-order valence-corrected chi connectivity index (χ3v) is 5.70. The van der Waals surface area contributed by atoms with Crippen LogP contribution in [0.25, 0.3) is 10.9 Å². The number of amides is 1. The van der Waals surface area contributed by atoms with Crippen LogP contribution in [0.3, 0.4) is 0 Å². The van der Waals surface area contributed by atoms with Crippen molar-refractivity contribution in [1.82, 2.24) is 19.9 Å². The summed E-state index contributed by atoms with van der Waals surface area (Å²) in [6, 6.07) is 14.2. The fraction of sp³-hybridized carbons (Fsp3) is 0.231. The Morgan fingerprint density at radius 2 is 1.77 bits per heavy atom. The van der Waals surface area contributed by atoms with Crippen LogP contribution < -0.4 is 20.3 Å². The lowest BCUT2D eigenvalue weighted by Crippen LogP contribution is -2.24. The minimum atomic E-state index is -0.231. The maximum atomic E-state index is 13.3. The van der Waals surface area contributed by atoms with Gasteiger partial charge in [0.05, 0.1) is 30.7 Å². The lowest BCUT2D eigenvalue weighted by atomic mass is 10.1. The average molecular weight is 491 g/mol. The van der Waals surface area contributed by atoms with Crippen molar-refractivity contribution in [2.24, 2.45) is 0 Å². The molecular formula is C26H26N4O4S. The summed E-state index contributed by atoms with van der Waals surface area (Å²) in [7, 11) is 0. The van der Waals surface area contributed by atoms with Gasteiger partial charge in [0, 0.05) is 30.6 Å². The molecule has 0 spiro atoms. The minimum absolute atomic E-state index is 0.186. The molecular weight excluding hydrogens is 464 g/mol. The molecule has 2 aromatic carbocycles. The number of benzene rings is 2. The Balaban J connectivity index is 1.55. The predicted octanol–water partition coefficient (Wildman–Crippen LogP) is 4.23. The van der Waals surface area contributed by atoms with E-state index in [1.807, 2.05) is 38.1 Å². The molecule has 0 fully saturated rings. The lowest BCUT2D eigenvalue weighted by molar-refractivity contribution is 0.0951. The smallest absolute Gasteiger partial charge is 0.262 e. The van der Waals surface area contributed by atoms with Gasteiger partial charge in [-0.1, -0.05) is 18.2 Å². The van der Waals surface area contributed by atoms with Gasteiger partial charge in [-0.25, -0.2) is 0 Å². The first-order valence-corrected chi connectivity index (χ1v) is 11.7. The Bertz CT molecular complexity index is 1450. The number of hydrogen-bond donors (Lipinski definition) is 2. The number of aromatic nitrogens is 3. The zero-order chi connectivity index (χ0) is 24.8. The van der Waals surface area contributed by atoms with E-state index in [9.17, 15) is 9.59 Å². The van der Waals surface area contributed by atoms with Crippen molar-refractivity contribution < 1.29 is 14.3 Å². The molecule has 0 radical (unpaired) electrons. The summed E-state index contributed by atoms with van der Waals surface area (Å²) in [6.07, 6.45) is 3.40. The molecule has 1 amide bonds. The van der Waals surface area contributed by atoms with Crippen LogP contribution in [0.4, 0.5) is 0 Å². The van der Waals surface area contributed by atoms with Gasteiger partial charge in [0.2, 0.25) is 0 Å². The molecule has 0 aliphatic rings. The second-order valence-corrected chi connectivity index (χ2v) is 8.16. The van der Waals surface area contributed by atoms with E-state index in [4.69, 9.17) is 21.7 Å². The van der Waals surface area contributed by atoms with Crippen LogP contribution in [0.1, 0.15) is 35.3 Å². The second kappa shape index (κ2) is 11.0. The highest BCUT2D eigenvalue weighted by molar-refractivity contribution is 7.71. The first-order valence-electron chi connectivity index (χ1n) is 11.3. The number of fused-ring (bicyclic) bond motifs is 1. The molecule has 0 unspecified atom stereocenters. The third kappa shape index (κ3) is 5.58. The maximum Gasteiger partial charge on any atom is 0.262 e. The van der Waals surface area contributed by atoms with Crippen molar-refractivity contribution >= 4 is 29.0 Å². The summed E-state index contributed by atoms with van der Waals surface area (Å²) in [5.41, 5.74) is 2.64. The third-order valence-electron chi connectivity index (χ3n) is 5.38. The number of pyridine rings is 1. The number of H-pyrrole nitrogens is 1. The normalized spacial score (nSPS) is 10.8. The molecule has 9 heteroatoms. The van der Waals surface area contributed by atoms with E-state index in [-0.39, 0.29) is 18.0 Å². The molecule has 2 N–H and O–H groups in total. The fourth-order valence-corrected chi connectivity index (χ4v) is 3.93. The van der Waals surface area contributed by atoms with E-state index in [0.29, 0.717) is 52.5 Å². The quantitative estimate of drug-likeness (QED) is 0.341. The molecule has 35 heavy (non-hydrogen) atoms. The molecule has 0 bridgehead atoms. The highest BCUT2D eigenvalue weighted by Crippen LogP contribution is 2.31. The van der Waals surface area contributed by atoms with E-state index in [1.165, 1.54) is 4.57 Å². The van der Waals surface area contributed by atoms with Crippen molar-refractivity contribution in [1.29, 1.82) is 0 Å². The van der Waals surface area contributed by atoms with Gasteiger partial charge in [-0.2, -0.15) is 0 Å². The Hall–Kier alpha value is -3.98. The lowest BCUT2D eigenvalue weighted by Gasteiger charge is -2.14. The SMILES string of the molecule is CCOc1cc2[nH]c(=S)n(Cc3ccc(C(=O)NCc4cccnc4)cc3)c(=O)c2cc1OCC. The summed E-state index contributed by atoms with van der Waals surface area (Å²) in [5, 5.41) is 3.33. The molecule has 180 valence electrons. The molecule has 4 aromatic rings. The molecule has 8 nitrogen and oxygen atoms in total. The number of carbonyl (C=O) groups excluding carboxylic acids is 1. The topological polar surface area (TPSA) is 98.2 Å². The monoisotopic (exact) mass is 490 g/mol. The second-order valence-electron chi connectivity index (χ2n) is 7.77. The van der Waals surface area contributed by atoms with Gasteiger partial charge in [0.15, 0.2) is 16.3 Å². The van der Waals surface area contributed by atoms with Gasteiger partial charge in [-0.3, -0.25) is 19.1 Å². The van der Waals surface area contributed by atoms with Crippen molar-refractivity contribution in [3.05, 3.63) is 92.7 Å². The molecule has 0 aliphatic carbocycles. The highest BCUT2D eigenvalue weighted by Gasteiger charge is 2.13. The van der Waals surface area contributed by atoms with Gasteiger partial charge in [0.1, 0.15) is 0 Å². The van der Waals surface area contributed by atoms with Crippen molar-refractivity contribution in [2.45, 2.75) is 26.9 Å².